The van der Waals surface area contributed by atoms with Crippen molar-refractivity contribution in [1.29, 1.82) is 0 Å². The number of rotatable bonds is 12. The Bertz CT molecular complexity index is 156. The molecule has 0 radical (unpaired) electrons. The Hall–Kier alpha value is -0.0800. The summed E-state index contributed by atoms with van der Waals surface area (Å²) in [6.45, 7) is 17.5. The molecule has 110 valence electrons. The van der Waals surface area contributed by atoms with Crippen molar-refractivity contribution in [3.8, 4) is 0 Å². The van der Waals surface area contributed by atoms with Gasteiger partial charge in [0, 0.05) is 26.2 Å². The average molecular weight is 256 g/mol. The van der Waals surface area contributed by atoms with Crippen molar-refractivity contribution in [2.24, 2.45) is 11.8 Å². The van der Waals surface area contributed by atoms with E-state index in [4.69, 9.17) is 0 Å². The van der Waals surface area contributed by atoms with Gasteiger partial charge in [0.2, 0.25) is 0 Å². The Morgan fingerprint density at radius 2 is 1.44 bits per heavy atom. The lowest BCUT2D eigenvalue weighted by molar-refractivity contribution is 0.219. The molecule has 0 saturated carbocycles. The van der Waals surface area contributed by atoms with E-state index in [1.807, 2.05) is 0 Å². The van der Waals surface area contributed by atoms with E-state index < -0.39 is 0 Å². The standard InChI is InChI=1S/C16H36N2/c1-6-7-8-9-10-17-11-12-18(13-15(2)3)14-16(4)5/h15-17H,6-14H2,1-5H3. The highest BCUT2D eigenvalue weighted by Crippen LogP contribution is 2.03. The molecule has 0 atom stereocenters. The molecule has 0 bridgehead atoms. The second kappa shape index (κ2) is 12.0. The van der Waals surface area contributed by atoms with Gasteiger partial charge in [-0.3, -0.25) is 0 Å². The first-order valence-electron chi connectivity index (χ1n) is 7.99. The van der Waals surface area contributed by atoms with Crippen molar-refractivity contribution >= 4 is 0 Å². The molecule has 0 heterocycles. The zero-order chi connectivity index (χ0) is 13.8. The third-order valence-electron chi connectivity index (χ3n) is 3.06. The maximum Gasteiger partial charge on any atom is 0.0107 e. The SMILES string of the molecule is CCCCCCNCCN(CC(C)C)CC(C)C. The third kappa shape index (κ3) is 12.4. The van der Waals surface area contributed by atoms with Crippen molar-refractivity contribution in [2.45, 2.75) is 60.3 Å². The third-order valence-corrected chi connectivity index (χ3v) is 3.06. The first-order valence-corrected chi connectivity index (χ1v) is 7.99. The van der Waals surface area contributed by atoms with E-state index in [0.717, 1.165) is 18.4 Å². The van der Waals surface area contributed by atoms with Gasteiger partial charge in [-0.2, -0.15) is 0 Å². The van der Waals surface area contributed by atoms with Crippen LogP contribution in [0, 0.1) is 11.8 Å². The molecule has 0 aromatic heterocycles. The first kappa shape index (κ1) is 17.9. The largest absolute Gasteiger partial charge is 0.315 e. The van der Waals surface area contributed by atoms with E-state index in [1.54, 1.807) is 0 Å². The van der Waals surface area contributed by atoms with Crippen LogP contribution in [0.5, 0.6) is 0 Å². The first-order chi connectivity index (χ1) is 8.56. The molecular weight excluding hydrogens is 220 g/mol. The van der Waals surface area contributed by atoms with Gasteiger partial charge in [0.1, 0.15) is 0 Å². The van der Waals surface area contributed by atoms with E-state index in [1.165, 1.54) is 51.9 Å². The molecule has 0 aliphatic rings. The minimum atomic E-state index is 0.772. The Morgan fingerprint density at radius 3 is 1.94 bits per heavy atom. The summed E-state index contributed by atoms with van der Waals surface area (Å²) in [5, 5.41) is 3.58. The van der Waals surface area contributed by atoms with Crippen LogP contribution in [0.4, 0.5) is 0 Å². The number of hydrogen-bond acceptors (Lipinski definition) is 2. The van der Waals surface area contributed by atoms with Crippen molar-refractivity contribution in [2.75, 3.05) is 32.7 Å². The van der Waals surface area contributed by atoms with Gasteiger partial charge in [-0.1, -0.05) is 53.9 Å². The molecule has 0 fully saturated rings. The summed E-state index contributed by atoms with van der Waals surface area (Å²) in [6.07, 6.45) is 5.43. The molecule has 18 heavy (non-hydrogen) atoms. The highest BCUT2D eigenvalue weighted by atomic mass is 15.1. The molecule has 0 aliphatic heterocycles. The van der Waals surface area contributed by atoms with Gasteiger partial charge < -0.3 is 10.2 Å². The van der Waals surface area contributed by atoms with Crippen LogP contribution >= 0.6 is 0 Å². The van der Waals surface area contributed by atoms with Crippen molar-refractivity contribution in [3.63, 3.8) is 0 Å². The Labute approximate surface area is 116 Å². The zero-order valence-corrected chi connectivity index (χ0v) is 13.5. The Kier molecular flexibility index (Phi) is 11.9. The van der Waals surface area contributed by atoms with Gasteiger partial charge >= 0.3 is 0 Å². The maximum atomic E-state index is 3.58. The summed E-state index contributed by atoms with van der Waals surface area (Å²) in [6, 6.07) is 0. The van der Waals surface area contributed by atoms with E-state index in [9.17, 15) is 0 Å². The molecule has 0 aromatic carbocycles. The van der Waals surface area contributed by atoms with Crippen molar-refractivity contribution < 1.29 is 0 Å². The second-order valence-electron chi connectivity index (χ2n) is 6.36. The fourth-order valence-corrected chi connectivity index (χ4v) is 2.33. The molecule has 2 nitrogen and oxygen atoms in total. The summed E-state index contributed by atoms with van der Waals surface area (Å²) < 4.78 is 0. The number of hydrogen-bond donors (Lipinski definition) is 1. The average Bonchev–Trinajstić information content (AvgIpc) is 2.26. The minimum absolute atomic E-state index is 0.772. The van der Waals surface area contributed by atoms with Gasteiger partial charge in [-0.15, -0.1) is 0 Å². The van der Waals surface area contributed by atoms with Crippen molar-refractivity contribution in [1.82, 2.24) is 10.2 Å². The smallest absolute Gasteiger partial charge is 0.0107 e. The van der Waals surface area contributed by atoms with Crippen LogP contribution in [0.25, 0.3) is 0 Å². The predicted molar refractivity (Wildman–Crippen MR) is 83.1 cm³/mol. The van der Waals surface area contributed by atoms with Crippen LogP contribution in [0.2, 0.25) is 0 Å². The van der Waals surface area contributed by atoms with Gasteiger partial charge in [0.25, 0.3) is 0 Å². The maximum absolute atomic E-state index is 3.58. The second-order valence-corrected chi connectivity index (χ2v) is 6.36. The molecular formula is C16H36N2. The van der Waals surface area contributed by atoms with Gasteiger partial charge in [-0.25, -0.2) is 0 Å². The predicted octanol–water partition coefficient (Wildman–Crippen LogP) is 3.77. The van der Waals surface area contributed by atoms with Crippen LogP contribution < -0.4 is 5.32 Å². The fourth-order valence-electron chi connectivity index (χ4n) is 2.33. The van der Waals surface area contributed by atoms with Gasteiger partial charge in [-0.05, 0) is 24.8 Å². The summed E-state index contributed by atoms with van der Waals surface area (Å²) >= 11 is 0. The molecule has 0 aliphatic carbocycles. The van der Waals surface area contributed by atoms with Gasteiger partial charge in [0.05, 0.1) is 0 Å². The highest BCUT2D eigenvalue weighted by Gasteiger charge is 2.08. The molecule has 0 saturated heterocycles. The molecule has 2 heteroatoms. The summed E-state index contributed by atoms with van der Waals surface area (Å²) in [7, 11) is 0. The van der Waals surface area contributed by atoms with Crippen LogP contribution in [0.15, 0.2) is 0 Å². The summed E-state index contributed by atoms with van der Waals surface area (Å²) in [5.74, 6) is 1.54. The summed E-state index contributed by atoms with van der Waals surface area (Å²) in [5.41, 5.74) is 0. The zero-order valence-electron chi connectivity index (χ0n) is 13.5. The highest BCUT2D eigenvalue weighted by molar-refractivity contribution is 4.64. The Morgan fingerprint density at radius 1 is 0.833 bits per heavy atom. The minimum Gasteiger partial charge on any atom is -0.315 e. The number of nitrogens with one attached hydrogen (secondary N) is 1. The lowest BCUT2D eigenvalue weighted by Crippen LogP contribution is -2.37. The van der Waals surface area contributed by atoms with E-state index in [-0.39, 0.29) is 0 Å². The van der Waals surface area contributed by atoms with E-state index >= 15 is 0 Å². The Balaban J connectivity index is 3.56. The number of nitrogens with zero attached hydrogens (tertiary/aromatic N) is 1. The molecule has 0 rings (SSSR count). The normalized spacial score (nSPS) is 12.0. The van der Waals surface area contributed by atoms with Crippen LogP contribution in [0.1, 0.15) is 60.3 Å². The molecule has 0 unspecified atom stereocenters. The summed E-state index contributed by atoms with van der Waals surface area (Å²) in [4.78, 5) is 2.61. The van der Waals surface area contributed by atoms with Crippen LogP contribution in [-0.4, -0.2) is 37.6 Å². The topological polar surface area (TPSA) is 15.3 Å². The molecule has 1 N–H and O–H groups in total. The quantitative estimate of drug-likeness (QED) is 0.535. The monoisotopic (exact) mass is 256 g/mol. The van der Waals surface area contributed by atoms with Crippen LogP contribution in [0.3, 0.4) is 0 Å². The lowest BCUT2D eigenvalue weighted by Gasteiger charge is -2.26. The number of unbranched alkanes of at least 4 members (excludes halogenated alkanes) is 3. The van der Waals surface area contributed by atoms with E-state index in [0.29, 0.717) is 0 Å². The molecule has 0 spiro atoms. The molecule has 0 aromatic rings. The fraction of sp³-hybridized carbons (Fsp3) is 1.00. The lowest BCUT2D eigenvalue weighted by atomic mass is 10.1. The molecule has 0 amide bonds. The van der Waals surface area contributed by atoms with Crippen molar-refractivity contribution in [3.05, 3.63) is 0 Å². The van der Waals surface area contributed by atoms with Gasteiger partial charge in [0.15, 0.2) is 0 Å². The van der Waals surface area contributed by atoms with E-state index in [2.05, 4.69) is 44.8 Å². The van der Waals surface area contributed by atoms with Crippen LogP contribution in [-0.2, 0) is 0 Å².